The number of hydrogen-bond donors (Lipinski definition) is 1. The molecular formula is C28H30Cl3N3O4S. The van der Waals surface area contributed by atoms with E-state index in [9.17, 15) is 18.0 Å². The number of nitrogens with zero attached hydrogens (tertiary/aromatic N) is 2. The summed E-state index contributed by atoms with van der Waals surface area (Å²) in [4.78, 5) is 28.9. The summed E-state index contributed by atoms with van der Waals surface area (Å²) >= 11 is 18.9. The van der Waals surface area contributed by atoms with Crippen LogP contribution in [0.5, 0.6) is 0 Å². The summed E-state index contributed by atoms with van der Waals surface area (Å²) in [5.41, 5.74) is 1.53. The molecule has 7 nitrogen and oxygen atoms in total. The summed E-state index contributed by atoms with van der Waals surface area (Å²) < 4.78 is 26.5. The molecule has 3 rings (SSSR count). The number of nitrogens with one attached hydrogen (secondary N) is 1. The van der Waals surface area contributed by atoms with Gasteiger partial charge >= 0.3 is 0 Å². The molecule has 0 heterocycles. The van der Waals surface area contributed by atoms with Crippen LogP contribution >= 0.6 is 34.8 Å². The second-order valence-corrected chi connectivity index (χ2v) is 12.5. The van der Waals surface area contributed by atoms with E-state index in [4.69, 9.17) is 34.8 Å². The van der Waals surface area contributed by atoms with Crippen molar-refractivity contribution in [2.24, 2.45) is 0 Å². The Kier molecular flexibility index (Phi) is 10.7. The van der Waals surface area contributed by atoms with Gasteiger partial charge in [0.2, 0.25) is 21.8 Å². The Balaban J connectivity index is 2.09. The van der Waals surface area contributed by atoms with Crippen LogP contribution < -0.4 is 9.62 Å². The third-order valence-corrected chi connectivity index (χ3v) is 7.99. The average molecular weight is 611 g/mol. The van der Waals surface area contributed by atoms with Crippen molar-refractivity contribution in [3.63, 3.8) is 0 Å². The van der Waals surface area contributed by atoms with Crippen molar-refractivity contribution in [2.45, 2.75) is 38.9 Å². The normalized spacial score (nSPS) is 12.2. The van der Waals surface area contributed by atoms with Gasteiger partial charge in [0, 0.05) is 39.6 Å². The van der Waals surface area contributed by atoms with Crippen LogP contribution in [0.2, 0.25) is 15.1 Å². The van der Waals surface area contributed by atoms with Crippen LogP contribution in [0.3, 0.4) is 0 Å². The Bertz CT molecular complexity index is 1380. The first kappa shape index (κ1) is 30.8. The maximum atomic E-state index is 14.0. The zero-order valence-electron chi connectivity index (χ0n) is 21.8. The molecule has 0 aliphatic carbocycles. The number of benzene rings is 3. The van der Waals surface area contributed by atoms with E-state index >= 15 is 0 Å². The fourth-order valence-corrected chi connectivity index (χ4v) is 5.50. The fraction of sp³-hybridized carbons (Fsp3) is 0.286. The monoisotopic (exact) mass is 609 g/mol. The van der Waals surface area contributed by atoms with Crippen molar-refractivity contribution in [3.05, 3.63) is 99.0 Å². The van der Waals surface area contributed by atoms with Gasteiger partial charge in [-0.05, 0) is 55.8 Å². The third-order valence-electron chi connectivity index (χ3n) is 5.89. The fourth-order valence-electron chi connectivity index (χ4n) is 4.01. The molecule has 0 unspecified atom stereocenters. The van der Waals surface area contributed by atoms with Gasteiger partial charge in [-0.2, -0.15) is 0 Å². The molecular weight excluding hydrogens is 581 g/mol. The number of hydrogen-bond acceptors (Lipinski definition) is 4. The van der Waals surface area contributed by atoms with Crippen LogP contribution in [0.25, 0.3) is 0 Å². The Morgan fingerprint density at radius 1 is 0.872 bits per heavy atom. The number of rotatable bonds is 11. The summed E-state index contributed by atoms with van der Waals surface area (Å²) in [5, 5.41) is 3.95. The third kappa shape index (κ3) is 8.60. The predicted octanol–water partition coefficient (Wildman–Crippen LogP) is 5.58. The quantitative estimate of drug-likeness (QED) is 0.307. The first-order valence-electron chi connectivity index (χ1n) is 12.2. The van der Waals surface area contributed by atoms with Crippen LogP contribution in [-0.2, 0) is 32.6 Å². The standard InChI is InChI=1S/C28H30Cl3N3O4S/c1-19(2)32-28(36)26(16-20-8-5-4-6-9-20)33(17-23-24(30)10-7-11-25(23)31)27(35)18-34(39(3,37)38)22-14-12-21(29)13-15-22/h4-15,19,26H,16-18H2,1-3H3,(H,32,36)/t26-/m1/s1. The molecule has 0 saturated heterocycles. The van der Waals surface area contributed by atoms with Gasteiger partial charge in [0.15, 0.2) is 0 Å². The van der Waals surface area contributed by atoms with E-state index in [0.717, 1.165) is 16.1 Å². The van der Waals surface area contributed by atoms with E-state index in [-0.39, 0.29) is 30.6 Å². The van der Waals surface area contributed by atoms with E-state index in [1.165, 1.54) is 29.2 Å². The zero-order valence-corrected chi connectivity index (χ0v) is 24.9. The summed E-state index contributed by atoms with van der Waals surface area (Å²) in [6.45, 7) is 2.97. The van der Waals surface area contributed by atoms with Crippen molar-refractivity contribution in [1.29, 1.82) is 0 Å². The molecule has 0 saturated carbocycles. The van der Waals surface area contributed by atoms with Gasteiger partial charge in [0.05, 0.1) is 11.9 Å². The number of amides is 2. The number of carbonyl (C=O) groups excluding carboxylic acids is 2. The largest absolute Gasteiger partial charge is 0.352 e. The Labute approximate surface area is 244 Å². The maximum absolute atomic E-state index is 14.0. The van der Waals surface area contributed by atoms with Crippen molar-refractivity contribution < 1.29 is 18.0 Å². The van der Waals surface area contributed by atoms with Gasteiger partial charge in [-0.3, -0.25) is 13.9 Å². The Morgan fingerprint density at radius 2 is 1.46 bits per heavy atom. The van der Waals surface area contributed by atoms with Crippen molar-refractivity contribution in [2.75, 3.05) is 17.1 Å². The average Bonchev–Trinajstić information content (AvgIpc) is 2.86. The van der Waals surface area contributed by atoms with Gasteiger partial charge in [-0.15, -0.1) is 0 Å². The lowest BCUT2D eigenvalue weighted by molar-refractivity contribution is -0.140. The molecule has 0 fully saturated rings. The van der Waals surface area contributed by atoms with Gasteiger partial charge in [-0.1, -0.05) is 71.2 Å². The second-order valence-electron chi connectivity index (χ2n) is 9.34. The van der Waals surface area contributed by atoms with Crippen LogP contribution in [0.4, 0.5) is 5.69 Å². The van der Waals surface area contributed by atoms with E-state index in [1.54, 1.807) is 18.2 Å². The molecule has 0 radical (unpaired) electrons. The van der Waals surface area contributed by atoms with E-state index < -0.39 is 28.5 Å². The summed E-state index contributed by atoms with van der Waals surface area (Å²) in [6, 6.07) is 19.1. The molecule has 3 aromatic carbocycles. The molecule has 1 atom stereocenters. The zero-order chi connectivity index (χ0) is 28.7. The first-order valence-corrected chi connectivity index (χ1v) is 15.1. The minimum atomic E-state index is -3.88. The molecule has 2 amide bonds. The SMILES string of the molecule is CC(C)NC(=O)[C@@H](Cc1ccccc1)N(Cc1c(Cl)cccc1Cl)C(=O)CN(c1ccc(Cl)cc1)S(C)(=O)=O. The Morgan fingerprint density at radius 3 is 2.00 bits per heavy atom. The van der Waals surface area contributed by atoms with E-state index in [2.05, 4.69) is 5.32 Å². The number of carbonyl (C=O) groups is 2. The molecule has 0 aliphatic rings. The molecule has 0 spiro atoms. The lowest BCUT2D eigenvalue weighted by Crippen LogP contribution is -2.54. The lowest BCUT2D eigenvalue weighted by atomic mass is 10.0. The summed E-state index contributed by atoms with van der Waals surface area (Å²) in [7, 11) is -3.88. The van der Waals surface area contributed by atoms with Crippen LogP contribution in [0, 0.1) is 0 Å². The maximum Gasteiger partial charge on any atom is 0.244 e. The van der Waals surface area contributed by atoms with Gasteiger partial charge in [0.1, 0.15) is 12.6 Å². The van der Waals surface area contributed by atoms with Crippen LogP contribution in [-0.4, -0.2) is 50.0 Å². The summed E-state index contributed by atoms with van der Waals surface area (Å²) in [5.74, 6) is -0.992. The number of halogens is 3. The lowest BCUT2D eigenvalue weighted by Gasteiger charge is -2.34. The molecule has 1 N–H and O–H groups in total. The predicted molar refractivity (Wildman–Crippen MR) is 158 cm³/mol. The van der Waals surface area contributed by atoms with Crippen LogP contribution in [0.1, 0.15) is 25.0 Å². The molecule has 3 aromatic rings. The molecule has 0 bridgehead atoms. The topological polar surface area (TPSA) is 86.8 Å². The van der Waals surface area contributed by atoms with Crippen LogP contribution in [0.15, 0.2) is 72.8 Å². The van der Waals surface area contributed by atoms with Gasteiger partial charge in [-0.25, -0.2) is 8.42 Å². The van der Waals surface area contributed by atoms with Gasteiger partial charge in [0.25, 0.3) is 0 Å². The first-order chi connectivity index (χ1) is 18.4. The minimum Gasteiger partial charge on any atom is -0.352 e. The smallest absolute Gasteiger partial charge is 0.244 e. The van der Waals surface area contributed by atoms with Crippen molar-refractivity contribution in [1.82, 2.24) is 10.2 Å². The number of sulfonamides is 1. The minimum absolute atomic E-state index is 0.113. The summed E-state index contributed by atoms with van der Waals surface area (Å²) in [6.07, 6.45) is 1.20. The molecule has 39 heavy (non-hydrogen) atoms. The Hall–Kier alpha value is -2.78. The van der Waals surface area contributed by atoms with Crippen molar-refractivity contribution >= 4 is 62.3 Å². The highest BCUT2D eigenvalue weighted by Gasteiger charge is 2.34. The number of anilines is 1. The highest BCUT2D eigenvalue weighted by atomic mass is 35.5. The molecule has 0 aliphatic heterocycles. The highest BCUT2D eigenvalue weighted by Crippen LogP contribution is 2.28. The second kappa shape index (κ2) is 13.5. The highest BCUT2D eigenvalue weighted by molar-refractivity contribution is 7.92. The van der Waals surface area contributed by atoms with E-state index in [1.807, 2.05) is 44.2 Å². The van der Waals surface area contributed by atoms with Gasteiger partial charge < -0.3 is 10.2 Å². The van der Waals surface area contributed by atoms with E-state index in [0.29, 0.717) is 20.6 Å². The molecule has 0 aromatic heterocycles. The molecule has 11 heteroatoms. The van der Waals surface area contributed by atoms with Crippen molar-refractivity contribution in [3.8, 4) is 0 Å². The molecule has 208 valence electrons.